The quantitative estimate of drug-likeness (QED) is 0.0768. The monoisotopic (exact) mass is 1180 g/mol. The summed E-state index contributed by atoms with van der Waals surface area (Å²) < 4.78 is 0. The zero-order chi connectivity index (χ0) is 56.4. The molecule has 0 bridgehead atoms. The molecule has 404 valence electrons. The number of hydrogen-bond acceptors (Lipinski definition) is 0. The van der Waals surface area contributed by atoms with Gasteiger partial charge < -0.3 is 0 Å². The second-order valence-electron chi connectivity index (χ2n) is 31.6. The summed E-state index contributed by atoms with van der Waals surface area (Å²) in [6.07, 6.45) is 18.6. The Morgan fingerprint density at radius 1 is 0.228 bits per heavy atom. The van der Waals surface area contributed by atoms with E-state index in [1.165, 1.54) is 16.7 Å². The summed E-state index contributed by atoms with van der Waals surface area (Å²) in [6, 6.07) is 36.7. The molecule has 0 unspecified atom stereocenters. The van der Waals surface area contributed by atoms with Crippen molar-refractivity contribution in [2.45, 2.75) is 52.8 Å². The summed E-state index contributed by atoms with van der Waals surface area (Å²) in [5.41, 5.74) is 19.2. The minimum Gasteiger partial charge on any atom is -0.103 e. The largest absolute Gasteiger partial charge is 2.00 e. The third-order valence-electron chi connectivity index (χ3n) is 30.3. The van der Waals surface area contributed by atoms with Crippen LogP contribution in [0.15, 0.2) is 116 Å². The van der Waals surface area contributed by atoms with Crippen molar-refractivity contribution in [1.82, 2.24) is 0 Å². The van der Waals surface area contributed by atoms with Crippen LogP contribution >= 0.6 is 0 Å². The van der Waals surface area contributed by atoms with Crippen molar-refractivity contribution in [3.05, 3.63) is 250 Å². The Balaban J connectivity index is 0.000000725. The second-order valence-corrected chi connectivity index (χ2v) is 31.6. The van der Waals surface area contributed by atoms with Crippen LogP contribution in [0, 0.1) is 61.7 Å². The smallest absolute Gasteiger partial charge is 0.103 e. The SMILES string of the molecule is C=CC[C@]12[C]3[C]4[C]5[C]6[C]3[C@]3(Cc7ccccc7)c7c1c1c8c2c2c9c%10c(c%11c%12c%13c(c%14c%15c%16c(c3c3c7c7c1c1c%17c8c9c8c9c%10c%12c%10c%12c%13c%15c%13c%15c%16c3c3c7c1c1c(c%178)c(c9%10)c(c%13%12)c1c3%15)[C@]6%14Cc1ccccc1)[C@]5%11c1ccccc1)[C@@]42CC=C.[CH]1[CH][CH][CH][CH]1.[Fe+2]. The number of rotatable bonds is 9. The van der Waals surface area contributed by atoms with Crippen LogP contribution in [0.25, 0.3) is 215 Å². The minimum absolute atomic E-state index is 0. The predicted molar refractivity (Wildman–Crippen MR) is 375 cm³/mol. The first kappa shape index (κ1) is 42.3. The first-order valence-electron chi connectivity index (χ1n) is 33.9. The molecule has 2 fully saturated rings. The van der Waals surface area contributed by atoms with Crippen LogP contribution in [0.4, 0.5) is 0 Å². The molecule has 1 heteroatoms. The summed E-state index contributed by atoms with van der Waals surface area (Å²) in [5, 5.41) is 65.8. The maximum absolute atomic E-state index is 5.03. The van der Waals surface area contributed by atoms with Gasteiger partial charge in [-0.2, -0.15) is 0 Å². The zero-order valence-corrected chi connectivity index (χ0v) is 49.9. The van der Waals surface area contributed by atoms with Gasteiger partial charge in [-0.25, -0.2) is 0 Å². The number of allylic oxidation sites excluding steroid dienone is 2. The van der Waals surface area contributed by atoms with Crippen LogP contribution < -0.4 is 0 Å². The van der Waals surface area contributed by atoms with Crippen LogP contribution in [-0.4, -0.2) is 0 Å². The molecule has 0 nitrogen and oxygen atoms in total. The van der Waals surface area contributed by atoms with Crippen molar-refractivity contribution in [3.8, 4) is 0 Å². The molecule has 0 heterocycles. The van der Waals surface area contributed by atoms with Gasteiger partial charge >= 0.3 is 17.1 Å². The van der Waals surface area contributed by atoms with Crippen molar-refractivity contribution in [1.29, 1.82) is 0 Å². The first-order valence-corrected chi connectivity index (χ1v) is 33.9. The van der Waals surface area contributed by atoms with Crippen LogP contribution in [0.1, 0.15) is 85.2 Å². The van der Waals surface area contributed by atoms with Gasteiger partial charge in [0.1, 0.15) is 0 Å². The molecular formula is C91H34Fe+2. The van der Waals surface area contributed by atoms with Gasteiger partial charge in [-0.1, -0.05) is 103 Å². The summed E-state index contributed by atoms with van der Waals surface area (Å²) in [6.45, 7) is 10.1. The molecule has 0 aliphatic heterocycles. The normalized spacial score (nSPS) is 27.1. The van der Waals surface area contributed by atoms with E-state index in [1.807, 2.05) is 32.1 Å². The molecule has 0 saturated heterocycles. The Bertz CT molecular complexity index is 7820. The van der Waals surface area contributed by atoms with E-state index in [2.05, 4.69) is 103 Å². The van der Waals surface area contributed by atoms with E-state index in [9.17, 15) is 0 Å². The van der Waals surface area contributed by atoms with Gasteiger partial charge in [-0.15, -0.1) is 13.2 Å². The molecule has 0 amide bonds. The molecule has 24 aromatic carbocycles. The summed E-state index contributed by atoms with van der Waals surface area (Å²) in [5.74, 6) is 8.67. The molecule has 36 rings (SSSR count). The molecule has 10 radical (unpaired) electrons. The van der Waals surface area contributed by atoms with E-state index < -0.39 is 27.1 Å². The first-order chi connectivity index (χ1) is 45.2. The molecule has 92 heavy (non-hydrogen) atoms. The van der Waals surface area contributed by atoms with Crippen molar-refractivity contribution in [2.24, 2.45) is 0 Å². The van der Waals surface area contributed by atoms with Gasteiger partial charge in [0.2, 0.25) is 0 Å². The Kier molecular flexibility index (Phi) is 5.09. The molecular weight excluding hydrogens is 1150 g/mol. The van der Waals surface area contributed by atoms with Gasteiger partial charge in [-0.05, 0) is 346 Å². The molecule has 5 atom stereocenters. The standard InChI is InChI=1S/C86H29.C5H5.Fe/c1-3-20-82-67-57-47-37-32-28-27-29-31-30(28)35-43-39(32)48(47)59-63-53(43)55-45(35)46-36(31)44-42-34(29)41-40-33(27)38(37)49-50(40)60-61-51(41)52(42)62-64-54(44)56(46)66-65(55)75-73(63)83(21-4-2,68(59)67)79-77(82)78-80-81(79)86(75,26-18-12-7-13-19-26)76(66)74(64)85(80,23-25-16-10-6-11-17-25)72(62)71(61)84(78,70(60)69(82)58(49)57)22-24-14-8-5-9-15-24;1-2-4-5-3-1;/h3-19H,1-2,20-23H2;1-5H;/q;;+2/t82-,83+,84-,85+,86-;;/m1../s1. The van der Waals surface area contributed by atoms with Gasteiger partial charge in [-0.3, -0.25) is 0 Å². The van der Waals surface area contributed by atoms with Crippen molar-refractivity contribution in [2.75, 3.05) is 0 Å². The van der Waals surface area contributed by atoms with Gasteiger partial charge in [0.25, 0.3) is 0 Å². The summed E-state index contributed by atoms with van der Waals surface area (Å²) in [7, 11) is 0. The number of benzene rings is 18. The average Bonchev–Trinajstić information content (AvgIpc) is 1.37. The number of hydrogen-bond donors (Lipinski definition) is 0. The molecule has 0 N–H and O–H groups in total. The van der Waals surface area contributed by atoms with Gasteiger partial charge in [0.15, 0.2) is 0 Å². The second kappa shape index (κ2) is 11.1. The summed E-state index contributed by atoms with van der Waals surface area (Å²) in [4.78, 5) is 0. The van der Waals surface area contributed by atoms with Crippen LogP contribution in [-0.2, 0) is 57.0 Å². The van der Waals surface area contributed by atoms with Gasteiger partial charge in [0.05, 0.1) is 5.41 Å². The average molecular weight is 1180 g/mol. The van der Waals surface area contributed by atoms with Gasteiger partial charge in [0, 0.05) is 51.2 Å². The van der Waals surface area contributed by atoms with E-state index >= 15 is 0 Å². The van der Waals surface area contributed by atoms with Crippen molar-refractivity contribution < 1.29 is 17.1 Å². The molecule has 2 saturated carbocycles. The summed E-state index contributed by atoms with van der Waals surface area (Å²) >= 11 is 0. The van der Waals surface area contributed by atoms with E-state index in [-0.39, 0.29) is 17.1 Å². The fraction of sp³-hybridized carbons (Fsp3) is 0.0989. The van der Waals surface area contributed by atoms with Crippen molar-refractivity contribution >= 4 is 215 Å². The molecule has 12 aliphatic rings. The fourth-order valence-corrected chi connectivity index (χ4v) is 29.8. The third kappa shape index (κ3) is 2.77. The van der Waals surface area contributed by atoms with Crippen molar-refractivity contribution in [3.63, 3.8) is 0 Å². The Morgan fingerprint density at radius 3 is 0.728 bits per heavy atom. The van der Waals surface area contributed by atoms with E-state index in [0.29, 0.717) is 0 Å². The van der Waals surface area contributed by atoms with E-state index in [4.69, 9.17) is 13.2 Å². The third-order valence-corrected chi connectivity index (χ3v) is 30.3. The minimum atomic E-state index is -0.563. The predicted octanol–water partition coefficient (Wildman–Crippen LogP) is 21.3. The van der Waals surface area contributed by atoms with Crippen LogP contribution in [0.3, 0.4) is 0 Å². The van der Waals surface area contributed by atoms with Crippen LogP contribution in [0.5, 0.6) is 0 Å². The molecule has 12 aliphatic carbocycles. The molecule has 0 aromatic heterocycles. The topological polar surface area (TPSA) is 0 Å². The van der Waals surface area contributed by atoms with E-state index in [1.54, 1.807) is 301 Å². The fourth-order valence-electron chi connectivity index (χ4n) is 29.8. The molecule has 24 aromatic rings. The Morgan fingerprint density at radius 2 is 0.435 bits per heavy atom. The maximum atomic E-state index is 5.03. The maximum Gasteiger partial charge on any atom is 2.00 e. The Hall–Kier alpha value is -8.84. The zero-order valence-electron chi connectivity index (χ0n) is 48.8. The van der Waals surface area contributed by atoms with E-state index in [0.717, 1.165) is 25.7 Å². The Labute approximate surface area is 531 Å². The molecule has 0 spiro atoms. The van der Waals surface area contributed by atoms with Crippen LogP contribution in [0.2, 0.25) is 0 Å².